The Balaban J connectivity index is 0.000000312. The maximum atomic E-state index is 10.7. The molecule has 2 heterocycles. The average molecular weight is 1030 g/mol. The van der Waals surface area contributed by atoms with Crippen LogP contribution in [-0.4, -0.2) is 44.0 Å². The van der Waals surface area contributed by atoms with E-state index in [1.807, 2.05) is 58.2 Å². The first-order chi connectivity index (χ1) is 36.4. The number of ether oxygens (including phenoxy) is 1. The van der Waals surface area contributed by atoms with Crippen molar-refractivity contribution in [1.29, 1.82) is 0 Å². The van der Waals surface area contributed by atoms with Crippen molar-refractivity contribution in [3.05, 3.63) is 188 Å². The number of pyridine rings is 2. The SMILES string of the molecule is CCC(O)(/C=C/c1ccc(C(CC)(CC)c2ccc(-c3ccc(COC=O)cn3)c(C)c2)cc1C)CC.CCCc1ccc(-c2ccc(C(CC)(CC)c3ccc(/C=C/C(O)(CC)CC)c(C)c3)cc2C)nc1.O=C=O. The summed E-state index contributed by atoms with van der Waals surface area (Å²) in [5.41, 5.74) is 17.4. The number of benzene rings is 4. The minimum atomic E-state index is -0.751. The summed E-state index contributed by atoms with van der Waals surface area (Å²) in [5.74, 6) is 0. The van der Waals surface area contributed by atoms with Gasteiger partial charge in [0, 0.05) is 39.9 Å². The molecule has 0 atom stereocenters. The summed E-state index contributed by atoms with van der Waals surface area (Å²) in [7, 11) is 0. The predicted molar refractivity (Wildman–Crippen MR) is 313 cm³/mol. The first-order valence-electron chi connectivity index (χ1n) is 27.7. The summed E-state index contributed by atoms with van der Waals surface area (Å²) >= 11 is 0. The lowest BCUT2D eigenvalue weighted by molar-refractivity contribution is -0.191. The van der Waals surface area contributed by atoms with Gasteiger partial charge in [-0.1, -0.05) is 178 Å². The molecule has 0 amide bonds. The third-order valence-electron chi connectivity index (χ3n) is 16.3. The third-order valence-corrected chi connectivity index (χ3v) is 16.3. The summed E-state index contributed by atoms with van der Waals surface area (Å²) in [6.45, 7) is 28.8. The number of aliphatic hydroxyl groups is 2. The van der Waals surface area contributed by atoms with Crippen LogP contribution in [0.1, 0.15) is 187 Å². The molecule has 4 aromatic carbocycles. The number of nitrogens with zero attached hydrogens (tertiary/aromatic N) is 2. The molecular weight excluding hydrogens is 941 g/mol. The van der Waals surface area contributed by atoms with E-state index in [4.69, 9.17) is 19.3 Å². The Morgan fingerprint density at radius 3 is 1.13 bits per heavy atom. The maximum absolute atomic E-state index is 10.7. The predicted octanol–water partition coefficient (Wildman–Crippen LogP) is 16.1. The van der Waals surface area contributed by atoms with E-state index in [2.05, 4.69) is 164 Å². The molecule has 0 aliphatic carbocycles. The first kappa shape index (κ1) is 62.0. The zero-order valence-electron chi connectivity index (χ0n) is 48.0. The standard InChI is InChI=1S/C34H45NO.C33H41NO3.CO2/c1-8-13-27-14-19-32(35-24-27)31-18-17-30(23-26(31)7)34(11-4,12-5)29-16-15-28(25(6)22-29)20-21-33(36,9-2)10-3;1-7-32(36,8-2)18-17-27-12-13-28(19-24(27)5)33(9-3,10-4)29-14-15-30(25(6)20-29)31-16-11-26(21-34-31)22-37-23-35;2-1-3/h14-24,36H,8-13H2,1-7H3;11-21,23,36H,7-10,22H2,1-6H3;/b21-20+;18-17+;. The second kappa shape index (κ2) is 29.1. The number of carbonyl (C=O) groups excluding carboxylic acids is 3. The Hall–Kier alpha value is -6.57. The highest BCUT2D eigenvalue weighted by molar-refractivity contribution is 5.67. The van der Waals surface area contributed by atoms with Crippen molar-refractivity contribution < 1.29 is 29.3 Å². The van der Waals surface area contributed by atoms with Gasteiger partial charge in [-0.2, -0.15) is 9.59 Å². The average Bonchev–Trinajstić information content (AvgIpc) is 3.44. The molecule has 2 N–H and O–H groups in total. The van der Waals surface area contributed by atoms with E-state index in [0.29, 0.717) is 19.3 Å². The van der Waals surface area contributed by atoms with Gasteiger partial charge < -0.3 is 14.9 Å². The van der Waals surface area contributed by atoms with E-state index in [-0.39, 0.29) is 23.6 Å². The highest BCUT2D eigenvalue weighted by Crippen LogP contribution is 2.43. The van der Waals surface area contributed by atoms with Crippen LogP contribution in [0.25, 0.3) is 34.7 Å². The van der Waals surface area contributed by atoms with Crippen LogP contribution >= 0.6 is 0 Å². The van der Waals surface area contributed by atoms with Crippen LogP contribution in [0.5, 0.6) is 0 Å². The van der Waals surface area contributed by atoms with Crippen molar-refractivity contribution >= 4 is 24.8 Å². The van der Waals surface area contributed by atoms with Crippen LogP contribution in [0, 0.1) is 27.7 Å². The molecule has 6 rings (SSSR count). The Morgan fingerprint density at radius 1 is 0.487 bits per heavy atom. The zero-order chi connectivity index (χ0) is 56.1. The van der Waals surface area contributed by atoms with Crippen LogP contribution < -0.4 is 0 Å². The molecule has 0 aliphatic rings. The van der Waals surface area contributed by atoms with Crippen LogP contribution in [0.2, 0.25) is 0 Å². The first-order valence-corrected chi connectivity index (χ1v) is 27.7. The topological polar surface area (TPSA) is 127 Å². The maximum Gasteiger partial charge on any atom is 0.373 e. The van der Waals surface area contributed by atoms with E-state index >= 15 is 0 Å². The fourth-order valence-corrected chi connectivity index (χ4v) is 10.6. The summed E-state index contributed by atoms with van der Waals surface area (Å²) < 4.78 is 4.83. The summed E-state index contributed by atoms with van der Waals surface area (Å²) in [6, 6.07) is 35.6. The Kier molecular flexibility index (Phi) is 23.7. The molecule has 0 aliphatic heterocycles. The number of hydrogen-bond donors (Lipinski definition) is 2. The smallest absolute Gasteiger partial charge is 0.373 e. The molecule has 0 spiro atoms. The van der Waals surface area contributed by atoms with Gasteiger partial charge in [0.25, 0.3) is 6.47 Å². The Labute approximate surface area is 455 Å². The minimum absolute atomic E-state index is 0.0394. The van der Waals surface area contributed by atoms with Gasteiger partial charge in [-0.25, -0.2) is 0 Å². The quantitative estimate of drug-likeness (QED) is 0.0608. The van der Waals surface area contributed by atoms with Crippen molar-refractivity contribution in [3.8, 4) is 22.5 Å². The monoisotopic (exact) mass is 1030 g/mol. The highest BCUT2D eigenvalue weighted by atomic mass is 16.5. The van der Waals surface area contributed by atoms with Gasteiger partial charge in [-0.05, 0) is 159 Å². The molecule has 404 valence electrons. The highest BCUT2D eigenvalue weighted by Gasteiger charge is 2.33. The van der Waals surface area contributed by atoms with Gasteiger partial charge in [-0.3, -0.25) is 14.8 Å². The second-order valence-electron chi connectivity index (χ2n) is 20.4. The van der Waals surface area contributed by atoms with Crippen LogP contribution in [0.3, 0.4) is 0 Å². The zero-order valence-corrected chi connectivity index (χ0v) is 48.0. The summed E-state index contributed by atoms with van der Waals surface area (Å²) in [5, 5.41) is 21.3. The second-order valence-corrected chi connectivity index (χ2v) is 20.4. The Bertz CT molecular complexity index is 2870. The van der Waals surface area contributed by atoms with Crippen LogP contribution in [0.15, 0.2) is 122 Å². The lowest BCUT2D eigenvalue weighted by Crippen LogP contribution is -2.26. The molecule has 8 heteroatoms. The number of aromatic nitrogens is 2. The minimum Gasteiger partial charge on any atom is -0.463 e. The molecule has 0 radical (unpaired) electrons. The van der Waals surface area contributed by atoms with Crippen molar-refractivity contribution in [2.75, 3.05) is 0 Å². The van der Waals surface area contributed by atoms with Gasteiger partial charge in [0.2, 0.25) is 0 Å². The molecule has 0 fully saturated rings. The van der Waals surface area contributed by atoms with Gasteiger partial charge in [0.05, 0.1) is 22.6 Å². The lowest BCUT2D eigenvalue weighted by atomic mass is 9.69. The summed E-state index contributed by atoms with van der Waals surface area (Å²) in [6.07, 6.45) is 21.2. The third kappa shape index (κ3) is 15.1. The van der Waals surface area contributed by atoms with Gasteiger partial charge in [0.1, 0.15) is 6.61 Å². The summed E-state index contributed by atoms with van der Waals surface area (Å²) in [4.78, 5) is 36.1. The van der Waals surface area contributed by atoms with E-state index in [1.165, 1.54) is 61.2 Å². The fraction of sp³-hybridized carbons (Fsp3) is 0.412. The number of rotatable bonds is 23. The molecule has 0 unspecified atom stereocenters. The largest absolute Gasteiger partial charge is 0.463 e. The molecule has 0 bridgehead atoms. The number of hydrogen-bond acceptors (Lipinski definition) is 8. The lowest BCUT2D eigenvalue weighted by Gasteiger charge is -2.34. The van der Waals surface area contributed by atoms with Crippen molar-refractivity contribution in [3.63, 3.8) is 0 Å². The van der Waals surface area contributed by atoms with E-state index in [0.717, 1.165) is 79.4 Å². The van der Waals surface area contributed by atoms with Crippen molar-refractivity contribution in [2.45, 2.75) is 183 Å². The van der Waals surface area contributed by atoms with Gasteiger partial charge >= 0.3 is 6.15 Å². The number of aryl methyl sites for hydroxylation is 5. The van der Waals surface area contributed by atoms with E-state index in [9.17, 15) is 15.0 Å². The fourth-order valence-electron chi connectivity index (χ4n) is 10.6. The normalized spacial score (nSPS) is 11.9. The molecule has 0 saturated heterocycles. The van der Waals surface area contributed by atoms with Crippen molar-refractivity contribution in [2.24, 2.45) is 0 Å². The van der Waals surface area contributed by atoms with Crippen molar-refractivity contribution in [1.82, 2.24) is 9.97 Å². The van der Waals surface area contributed by atoms with Gasteiger partial charge in [-0.15, -0.1) is 0 Å². The van der Waals surface area contributed by atoms with Crippen LogP contribution in [0.4, 0.5) is 0 Å². The molecule has 8 nitrogen and oxygen atoms in total. The molecule has 6 aromatic rings. The van der Waals surface area contributed by atoms with Gasteiger partial charge in [0.15, 0.2) is 0 Å². The molecule has 2 aromatic heterocycles. The Morgan fingerprint density at radius 2 is 0.842 bits per heavy atom. The van der Waals surface area contributed by atoms with Crippen LogP contribution in [-0.2, 0) is 43.0 Å². The molecular formula is C68H86N2O6. The molecule has 76 heavy (non-hydrogen) atoms. The van der Waals surface area contributed by atoms with E-state index in [1.54, 1.807) is 6.20 Å². The molecule has 0 saturated carbocycles. The van der Waals surface area contributed by atoms with E-state index < -0.39 is 11.2 Å². The number of carbonyl (C=O) groups is 1.